The van der Waals surface area contributed by atoms with Gasteiger partial charge in [0, 0.05) is 11.6 Å². The second-order valence-corrected chi connectivity index (χ2v) is 9.39. The van der Waals surface area contributed by atoms with E-state index in [0.717, 1.165) is 27.6 Å². The largest absolute Gasteiger partial charge is 0.436 e. The predicted molar refractivity (Wildman–Crippen MR) is 120 cm³/mol. The maximum atomic E-state index is 13.2. The zero-order valence-corrected chi connectivity index (χ0v) is 18.9. The second-order valence-electron chi connectivity index (χ2n) is 9.39. The molecule has 0 amide bonds. The van der Waals surface area contributed by atoms with Gasteiger partial charge in [-0.2, -0.15) is 33.7 Å². The van der Waals surface area contributed by atoms with E-state index in [1.807, 2.05) is 18.2 Å². The monoisotopic (exact) mass is 479 g/mol. The van der Waals surface area contributed by atoms with E-state index in [1.165, 1.54) is 6.08 Å². The van der Waals surface area contributed by atoms with Crippen molar-refractivity contribution in [2.75, 3.05) is 5.32 Å². The molecule has 0 radical (unpaired) electrons. The van der Waals surface area contributed by atoms with Crippen LogP contribution in [0, 0.1) is 41.9 Å². The highest BCUT2D eigenvalue weighted by Gasteiger charge is 2.69. The highest BCUT2D eigenvalue weighted by Crippen LogP contribution is 2.67. The van der Waals surface area contributed by atoms with Crippen LogP contribution in [0.15, 0.2) is 24.5 Å². The number of ether oxygens (including phenoxy) is 1. The molecule has 11 heteroatoms. The Bertz CT molecular complexity index is 1420. The number of allylic oxidation sites excluding steroid dienone is 1. The molecule has 0 saturated heterocycles. The van der Waals surface area contributed by atoms with E-state index in [2.05, 4.69) is 26.3 Å². The number of imidazole rings is 1. The summed E-state index contributed by atoms with van der Waals surface area (Å²) >= 11 is 0. The fourth-order valence-corrected chi connectivity index (χ4v) is 5.13. The number of nitriles is 2. The number of nitrogens with zero attached hydrogens (tertiary/aromatic N) is 6. The number of halogens is 3. The Kier molecular flexibility index (Phi) is 4.99. The minimum atomic E-state index is -4.47. The van der Waals surface area contributed by atoms with Gasteiger partial charge in [0.05, 0.1) is 23.9 Å². The average Bonchev–Trinajstić information content (AvgIpc) is 3.11. The lowest BCUT2D eigenvalue weighted by Gasteiger charge is -2.66. The van der Waals surface area contributed by atoms with Gasteiger partial charge in [0.25, 0.3) is 5.88 Å². The van der Waals surface area contributed by atoms with Crippen molar-refractivity contribution in [1.82, 2.24) is 19.5 Å². The molecule has 2 heterocycles. The lowest BCUT2D eigenvalue weighted by Crippen LogP contribution is -2.70. The molecule has 1 N–H and O–H groups in total. The predicted octanol–water partition coefficient (Wildman–Crippen LogP) is 5.19. The number of rotatable bonds is 6. The first-order valence-corrected chi connectivity index (χ1v) is 10.9. The maximum Gasteiger partial charge on any atom is 0.406 e. The van der Waals surface area contributed by atoms with Crippen LogP contribution in [-0.4, -0.2) is 31.2 Å². The molecule has 2 bridgehead atoms. The van der Waals surface area contributed by atoms with E-state index < -0.39 is 12.7 Å². The number of aryl methyl sites for hydroxylation is 2. The molecule has 6 rings (SSSR count). The number of fused-ring (bicyclic) bond motifs is 1. The quantitative estimate of drug-likeness (QED) is 0.484. The lowest BCUT2D eigenvalue weighted by atomic mass is 9.40. The molecular weight excluding hydrogens is 459 g/mol. The topological polar surface area (TPSA) is 112 Å². The normalized spacial score (nSPS) is 22.8. The van der Waals surface area contributed by atoms with Gasteiger partial charge < -0.3 is 14.6 Å². The van der Waals surface area contributed by atoms with Crippen molar-refractivity contribution in [3.8, 4) is 23.8 Å². The van der Waals surface area contributed by atoms with Crippen LogP contribution >= 0.6 is 0 Å². The summed E-state index contributed by atoms with van der Waals surface area (Å²) in [4.78, 5) is 12.9. The zero-order valence-electron chi connectivity index (χ0n) is 18.9. The molecule has 2 aromatic heterocycles. The first kappa shape index (κ1) is 22.7. The number of benzene rings is 1. The molecule has 0 aliphatic heterocycles. The van der Waals surface area contributed by atoms with Crippen LogP contribution in [0.1, 0.15) is 36.0 Å². The summed E-state index contributed by atoms with van der Waals surface area (Å²) < 4.78 is 46.7. The molecule has 35 heavy (non-hydrogen) atoms. The van der Waals surface area contributed by atoms with Gasteiger partial charge in [-0.05, 0) is 68.0 Å². The molecule has 3 aromatic rings. The molecule has 3 aliphatic carbocycles. The van der Waals surface area contributed by atoms with Crippen molar-refractivity contribution in [3.05, 3.63) is 41.2 Å². The molecule has 8 nitrogen and oxygen atoms in total. The Balaban J connectivity index is 1.55. The first-order valence-electron chi connectivity index (χ1n) is 10.9. The van der Waals surface area contributed by atoms with E-state index in [0.29, 0.717) is 25.0 Å². The molecule has 178 valence electrons. The van der Waals surface area contributed by atoms with E-state index in [-0.39, 0.29) is 33.9 Å². The van der Waals surface area contributed by atoms with Gasteiger partial charge in [0.15, 0.2) is 11.2 Å². The molecule has 0 unspecified atom stereocenters. The van der Waals surface area contributed by atoms with Gasteiger partial charge >= 0.3 is 6.18 Å². The van der Waals surface area contributed by atoms with Crippen molar-refractivity contribution in [1.29, 1.82) is 10.5 Å². The molecule has 1 aromatic carbocycles. The summed E-state index contributed by atoms with van der Waals surface area (Å²) in [7, 11) is 0. The summed E-state index contributed by atoms with van der Waals surface area (Å²) in [6, 6.07) is 7.89. The van der Waals surface area contributed by atoms with Crippen molar-refractivity contribution in [2.24, 2.45) is 5.41 Å². The van der Waals surface area contributed by atoms with E-state index in [4.69, 9.17) is 10.00 Å². The molecule has 3 fully saturated rings. The Morgan fingerprint density at radius 2 is 1.86 bits per heavy atom. The van der Waals surface area contributed by atoms with Crippen LogP contribution in [0.2, 0.25) is 0 Å². The number of hydrogen-bond donors (Lipinski definition) is 1. The van der Waals surface area contributed by atoms with Crippen LogP contribution in [-0.2, 0) is 6.54 Å². The van der Waals surface area contributed by atoms with E-state index in [9.17, 15) is 18.4 Å². The average molecular weight is 479 g/mol. The molecule has 0 spiro atoms. The number of aromatic nitrogens is 4. The number of nitrogens with one attached hydrogen (secondary N) is 1. The van der Waals surface area contributed by atoms with Crippen LogP contribution in [0.3, 0.4) is 0 Å². The Morgan fingerprint density at radius 1 is 1.17 bits per heavy atom. The van der Waals surface area contributed by atoms with Gasteiger partial charge in [-0.3, -0.25) is 0 Å². The van der Waals surface area contributed by atoms with Gasteiger partial charge in [0.1, 0.15) is 12.3 Å². The lowest BCUT2D eigenvalue weighted by molar-refractivity contribution is -0.140. The minimum absolute atomic E-state index is 0.0335. The van der Waals surface area contributed by atoms with Crippen molar-refractivity contribution < 1.29 is 17.9 Å². The number of hydrogen-bond acceptors (Lipinski definition) is 7. The van der Waals surface area contributed by atoms with Gasteiger partial charge in [-0.25, -0.2) is 4.98 Å². The second kappa shape index (κ2) is 7.70. The minimum Gasteiger partial charge on any atom is -0.436 e. The third kappa shape index (κ3) is 4.03. The summed E-state index contributed by atoms with van der Waals surface area (Å²) in [5, 5.41) is 21.3. The summed E-state index contributed by atoms with van der Waals surface area (Å²) in [6.07, 6.45) is 1.64. The third-order valence-corrected chi connectivity index (χ3v) is 6.47. The number of anilines is 1. The third-order valence-electron chi connectivity index (χ3n) is 6.47. The van der Waals surface area contributed by atoms with E-state index in [1.54, 1.807) is 19.9 Å². The fourth-order valence-electron chi connectivity index (χ4n) is 5.13. The van der Waals surface area contributed by atoms with Crippen molar-refractivity contribution in [2.45, 2.75) is 51.4 Å². The van der Waals surface area contributed by atoms with Crippen LogP contribution in [0.25, 0.3) is 17.2 Å². The highest BCUT2D eigenvalue weighted by atomic mass is 19.4. The SMILES string of the molecule is Cc1cc(/C=C/C#N)cc(C)c1Oc1nc(NC23CC(C#N)(C2)C3)nc2ncn(CC(F)(F)F)c12. The number of alkyl halides is 3. The Hall–Kier alpha value is -4.12. The summed E-state index contributed by atoms with van der Waals surface area (Å²) in [5.41, 5.74) is 1.78. The molecule has 0 atom stereocenters. The molecular formula is C24H20F3N7O. The summed E-state index contributed by atoms with van der Waals surface area (Å²) in [6.45, 7) is 2.35. The van der Waals surface area contributed by atoms with E-state index >= 15 is 0 Å². The smallest absolute Gasteiger partial charge is 0.406 e. The fraction of sp³-hybridized carbons (Fsp3) is 0.375. The van der Waals surface area contributed by atoms with Crippen LogP contribution in [0.4, 0.5) is 19.1 Å². The standard InChI is InChI=1S/C24H20F3N7O/c1-14-6-16(4-3-5-28)7-15(2)18(14)35-20-17-19(30-13-34(17)12-24(25,26)27)31-21(32-20)33-23-8-22(9-23,10-23)11-29/h3-4,6-7,13H,8-10,12H2,1-2H3,(H,31,32,33)/b4-3+. The molecule has 3 saturated carbocycles. The van der Waals surface area contributed by atoms with Crippen LogP contribution in [0.5, 0.6) is 11.6 Å². The van der Waals surface area contributed by atoms with Gasteiger partial charge in [-0.1, -0.05) is 0 Å². The first-order chi connectivity index (χ1) is 16.5. The molecule has 3 aliphatic rings. The maximum absolute atomic E-state index is 13.2. The summed E-state index contributed by atoms with van der Waals surface area (Å²) in [5.74, 6) is 0.589. The van der Waals surface area contributed by atoms with Crippen molar-refractivity contribution >= 4 is 23.2 Å². The highest BCUT2D eigenvalue weighted by molar-refractivity contribution is 5.79. The van der Waals surface area contributed by atoms with Gasteiger partial charge in [0.2, 0.25) is 5.95 Å². The van der Waals surface area contributed by atoms with Gasteiger partial charge in [-0.15, -0.1) is 0 Å². The van der Waals surface area contributed by atoms with Crippen molar-refractivity contribution in [3.63, 3.8) is 0 Å². The zero-order chi connectivity index (χ0) is 25.0. The Labute approximate surface area is 198 Å². The van der Waals surface area contributed by atoms with Crippen LogP contribution < -0.4 is 10.1 Å². The Morgan fingerprint density at radius 3 is 2.46 bits per heavy atom.